The van der Waals surface area contributed by atoms with Gasteiger partial charge in [0.2, 0.25) is 0 Å². The van der Waals surface area contributed by atoms with Crippen molar-refractivity contribution in [3.8, 4) is 5.75 Å². The number of anilines is 3. The van der Waals surface area contributed by atoms with E-state index in [1.807, 2.05) is 19.1 Å². The van der Waals surface area contributed by atoms with Crippen LogP contribution in [0.15, 0.2) is 36.7 Å². The van der Waals surface area contributed by atoms with Gasteiger partial charge in [0, 0.05) is 17.1 Å². The number of aryl methyl sites for hydroxylation is 1. The molecule has 0 bridgehead atoms. The van der Waals surface area contributed by atoms with Crippen LogP contribution < -0.4 is 15.8 Å². The minimum atomic E-state index is -0.318. The first-order chi connectivity index (χ1) is 14.5. The van der Waals surface area contributed by atoms with E-state index < -0.39 is 0 Å². The van der Waals surface area contributed by atoms with Crippen molar-refractivity contribution in [1.29, 1.82) is 0 Å². The van der Waals surface area contributed by atoms with E-state index >= 15 is 0 Å². The third-order valence-electron chi connectivity index (χ3n) is 5.41. The molecular formula is C23H29FN4OS. The second kappa shape index (κ2) is 9.98. The molecule has 0 amide bonds. The number of nitrogens with zero attached hydrogens (tertiary/aromatic N) is 2. The topological polar surface area (TPSA) is 73.1 Å². The fourth-order valence-corrected chi connectivity index (χ4v) is 3.87. The number of benzene rings is 2. The zero-order chi connectivity index (χ0) is 21.7. The normalized spacial score (nSPS) is 18.4. The first-order valence-corrected chi connectivity index (χ1v) is 11.1. The molecule has 0 radical (unpaired) electrons. The maximum absolute atomic E-state index is 13.9. The number of halogens is 1. The molecule has 7 heteroatoms. The van der Waals surface area contributed by atoms with Crippen LogP contribution >= 0.6 is 12.6 Å². The van der Waals surface area contributed by atoms with Gasteiger partial charge in [0.15, 0.2) is 0 Å². The predicted molar refractivity (Wildman–Crippen MR) is 125 cm³/mol. The summed E-state index contributed by atoms with van der Waals surface area (Å²) in [5.74, 6) is 1.57. The summed E-state index contributed by atoms with van der Waals surface area (Å²) < 4.78 is 20.1. The van der Waals surface area contributed by atoms with Crippen LogP contribution in [0.1, 0.15) is 38.2 Å². The minimum absolute atomic E-state index is 0.113. The molecule has 0 atom stereocenters. The first-order valence-electron chi connectivity index (χ1n) is 10.2. The molecule has 5 nitrogen and oxygen atoms in total. The summed E-state index contributed by atoms with van der Waals surface area (Å²) >= 11 is 3.53. The van der Waals surface area contributed by atoms with Gasteiger partial charge >= 0.3 is 0 Å². The summed E-state index contributed by atoms with van der Waals surface area (Å²) in [7, 11) is 0. The Kier molecular flexibility index (Phi) is 7.37. The molecule has 0 saturated heterocycles. The Hall–Kier alpha value is -2.54. The van der Waals surface area contributed by atoms with Gasteiger partial charge in [0.25, 0.3) is 0 Å². The van der Waals surface area contributed by atoms with Crippen molar-refractivity contribution < 1.29 is 9.13 Å². The Morgan fingerprint density at radius 1 is 1.10 bits per heavy atom. The summed E-state index contributed by atoms with van der Waals surface area (Å²) in [5.41, 5.74) is 9.03. The van der Waals surface area contributed by atoms with E-state index in [9.17, 15) is 4.39 Å². The van der Waals surface area contributed by atoms with Gasteiger partial charge in [-0.25, -0.2) is 14.4 Å². The molecular weight excluding hydrogens is 399 g/mol. The zero-order valence-electron chi connectivity index (χ0n) is 17.7. The zero-order valence-corrected chi connectivity index (χ0v) is 18.5. The van der Waals surface area contributed by atoms with Crippen molar-refractivity contribution >= 4 is 40.7 Å². The minimum Gasteiger partial charge on any atom is -0.488 e. The van der Waals surface area contributed by atoms with Gasteiger partial charge in [-0.1, -0.05) is 6.92 Å². The lowest BCUT2D eigenvalue weighted by Gasteiger charge is -2.27. The number of hydrogen-bond acceptors (Lipinski definition) is 6. The van der Waals surface area contributed by atoms with Crippen LogP contribution in [0, 0.1) is 18.7 Å². The second-order valence-corrected chi connectivity index (χ2v) is 7.72. The third-order valence-corrected chi connectivity index (χ3v) is 5.41. The van der Waals surface area contributed by atoms with E-state index in [4.69, 9.17) is 10.5 Å². The SMILES string of the molecule is CS.Cc1cc(N)cc2ncnc(Nc3ccc(F)cc3OC3CCC(C)CC3)c12. The van der Waals surface area contributed by atoms with Crippen molar-refractivity contribution in [2.75, 3.05) is 17.3 Å². The number of hydrogen-bond donors (Lipinski definition) is 3. The third kappa shape index (κ3) is 5.14. The van der Waals surface area contributed by atoms with Gasteiger partial charge in [-0.3, -0.25) is 0 Å². The standard InChI is InChI=1S/C22H25FN4O.CH4S/c1-13-3-6-17(7-4-13)28-20-10-15(23)5-8-18(20)27-22-21-14(2)9-16(24)11-19(21)25-12-26-22;1-2/h5,8-13,17H,3-4,6-7,24H2,1-2H3,(H,25,26,27);2H,1H3. The van der Waals surface area contributed by atoms with Crippen molar-refractivity contribution in [2.45, 2.75) is 45.6 Å². The molecule has 160 valence electrons. The smallest absolute Gasteiger partial charge is 0.146 e. The highest BCUT2D eigenvalue weighted by Crippen LogP contribution is 2.35. The number of thiol groups is 1. The number of ether oxygens (including phenoxy) is 1. The number of nitrogens with two attached hydrogens (primary N) is 1. The summed E-state index contributed by atoms with van der Waals surface area (Å²) in [5, 5.41) is 4.21. The molecule has 3 N–H and O–H groups in total. The predicted octanol–water partition coefficient (Wildman–Crippen LogP) is 5.91. The van der Waals surface area contributed by atoms with Gasteiger partial charge in [-0.2, -0.15) is 12.6 Å². The fourth-order valence-electron chi connectivity index (χ4n) is 3.87. The molecule has 0 spiro atoms. The maximum atomic E-state index is 13.9. The monoisotopic (exact) mass is 428 g/mol. The average Bonchev–Trinajstić information content (AvgIpc) is 2.73. The summed E-state index contributed by atoms with van der Waals surface area (Å²) in [6, 6.07) is 8.26. The highest BCUT2D eigenvalue weighted by atomic mass is 32.1. The molecule has 1 saturated carbocycles. The van der Waals surface area contributed by atoms with Crippen LogP contribution in [0.3, 0.4) is 0 Å². The quantitative estimate of drug-likeness (QED) is 0.356. The van der Waals surface area contributed by atoms with E-state index in [1.54, 1.807) is 12.3 Å². The van der Waals surface area contributed by atoms with Gasteiger partial charge < -0.3 is 15.8 Å². The van der Waals surface area contributed by atoms with Crippen molar-refractivity contribution in [1.82, 2.24) is 9.97 Å². The second-order valence-electron chi connectivity index (χ2n) is 7.72. The first kappa shape index (κ1) is 22.2. The Balaban J connectivity index is 0.00000124. The number of fused-ring (bicyclic) bond motifs is 1. The molecule has 1 aliphatic rings. The fraction of sp³-hybridized carbons (Fsp3) is 0.391. The van der Waals surface area contributed by atoms with Crippen LogP contribution in [0.25, 0.3) is 10.9 Å². The Labute approximate surface area is 182 Å². The van der Waals surface area contributed by atoms with Crippen molar-refractivity contribution in [2.24, 2.45) is 5.92 Å². The van der Waals surface area contributed by atoms with Crippen LogP contribution in [0.2, 0.25) is 0 Å². The number of nitrogens with one attached hydrogen (secondary N) is 1. The molecule has 30 heavy (non-hydrogen) atoms. The van der Waals surface area contributed by atoms with Gasteiger partial charge in [-0.15, -0.1) is 0 Å². The van der Waals surface area contributed by atoms with E-state index in [0.717, 1.165) is 48.1 Å². The summed E-state index contributed by atoms with van der Waals surface area (Å²) in [4.78, 5) is 8.72. The highest BCUT2D eigenvalue weighted by molar-refractivity contribution is 7.79. The molecule has 1 fully saturated rings. The summed E-state index contributed by atoms with van der Waals surface area (Å²) in [6.07, 6.45) is 7.57. The molecule has 1 heterocycles. The van der Waals surface area contributed by atoms with Gasteiger partial charge in [0.1, 0.15) is 23.7 Å². The maximum Gasteiger partial charge on any atom is 0.146 e. The van der Waals surface area contributed by atoms with E-state index in [1.165, 1.54) is 18.5 Å². The molecule has 0 aliphatic heterocycles. The van der Waals surface area contributed by atoms with E-state index in [2.05, 4.69) is 34.8 Å². The molecule has 1 aliphatic carbocycles. The van der Waals surface area contributed by atoms with E-state index in [0.29, 0.717) is 22.9 Å². The van der Waals surface area contributed by atoms with Crippen molar-refractivity contribution in [3.63, 3.8) is 0 Å². The number of nitrogen functional groups attached to an aromatic ring is 1. The van der Waals surface area contributed by atoms with Crippen LogP contribution in [0.4, 0.5) is 21.6 Å². The lowest BCUT2D eigenvalue weighted by atomic mass is 9.89. The van der Waals surface area contributed by atoms with Crippen LogP contribution in [-0.4, -0.2) is 22.3 Å². The molecule has 4 rings (SSSR count). The molecule has 1 aromatic heterocycles. The molecule has 2 aromatic carbocycles. The molecule has 0 unspecified atom stereocenters. The Morgan fingerprint density at radius 2 is 1.83 bits per heavy atom. The van der Waals surface area contributed by atoms with Gasteiger partial charge in [-0.05, 0) is 74.6 Å². The highest BCUT2D eigenvalue weighted by Gasteiger charge is 2.21. The molecule has 3 aromatic rings. The van der Waals surface area contributed by atoms with Crippen molar-refractivity contribution in [3.05, 3.63) is 48.0 Å². The lowest BCUT2D eigenvalue weighted by Crippen LogP contribution is -2.23. The van der Waals surface area contributed by atoms with Crippen LogP contribution in [0.5, 0.6) is 5.75 Å². The summed E-state index contributed by atoms with van der Waals surface area (Å²) in [6.45, 7) is 4.24. The van der Waals surface area contributed by atoms with E-state index in [-0.39, 0.29) is 11.9 Å². The largest absolute Gasteiger partial charge is 0.488 e. The number of aromatic nitrogens is 2. The lowest BCUT2D eigenvalue weighted by molar-refractivity contribution is 0.136. The number of rotatable bonds is 4. The Morgan fingerprint density at radius 3 is 2.57 bits per heavy atom. The Bertz CT molecular complexity index is 1010. The van der Waals surface area contributed by atoms with Gasteiger partial charge in [0.05, 0.1) is 17.3 Å². The average molecular weight is 429 g/mol. The van der Waals surface area contributed by atoms with Crippen LogP contribution in [-0.2, 0) is 0 Å².